The van der Waals surface area contributed by atoms with Crippen molar-refractivity contribution >= 4 is 5.91 Å². The fourth-order valence-corrected chi connectivity index (χ4v) is 1.10. The predicted octanol–water partition coefficient (Wildman–Crippen LogP) is 2.01. The van der Waals surface area contributed by atoms with Gasteiger partial charge in [0.15, 0.2) is 0 Å². The Morgan fingerprint density at radius 3 is 2.62 bits per heavy atom. The van der Waals surface area contributed by atoms with Gasteiger partial charge >= 0.3 is 0 Å². The Morgan fingerprint density at radius 1 is 1.50 bits per heavy atom. The number of amides is 1. The number of nitrogens with one attached hydrogen (secondary N) is 1. The molecule has 1 aromatic rings. The maximum absolute atomic E-state index is 11.8. The van der Waals surface area contributed by atoms with E-state index in [4.69, 9.17) is 4.74 Å². The molecule has 0 saturated heterocycles. The van der Waals surface area contributed by atoms with Crippen LogP contribution < -0.4 is 10.1 Å². The second-order valence-electron chi connectivity index (χ2n) is 4.28. The first kappa shape index (κ1) is 12.5. The molecule has 16 heavy (non-hydrogen) atoms. The van der Waals surface area contributed by atoms with E-state index in [1.165, 1.54) is 6.20 Å². The highest BCUT2D eigenvalue weighted by atomic mass is 16.5. The molecule has 0 bridgehead atoms. The van der Waals surface area contributed by atoms with Crippen molar-refractivity contribution in [2.24, 2.45) is 0 Å². The zero-order valence-electron chi connectivity index (χ0n) is 10.2. The summed E-state index contributed by atoms with van der Waals surface area (Å²) in [6.07, 6.45) is 2.39. The highest BCUT2D eigenvalue weighted by Gasteiger charge is 2.18. The molecule has 0 aromatic carbocycles. The lowest BCUT2D eigenvalue weighted by Gasteiger charge is -2.24. The lowest BCUT2D eigenvalue weighted by molar-refractivity contribution is 0.0911. The topological polar surface area (TPSA) is 51.2 Å². The summed E-state index contributed by atoms with van der Waals surface area (Å²) in [5, 5.41) is 2.94. The fraction of sp³-hybridized carbons (Fsp3) is 0.500. The van der Waals surface area contributed by atoms with E-state index in [0.29, 0.717) is 11.4 Å². The predicted molar refractivity (Wildman–Crippen MR) is 62.6 cm³/mol. The maximum Gasteiger partial charge on any atom is 0.253 e. The van der Waals surface area contributed by atoms with Gasteiger partial charge in [0.05, 0.1) is 12.7 Å². The molecule has 0 aliphatic heterocycles. The number of hydrogen-bond donors (Lipinski definition) is 1. The first-order valence-corrected chi connectivity index (χ1v) is 5.31. The zero-order valence-corrected chi connectivity index (χ0v) is 10.2. The number of carbonyl (C=O) groups excluding carboxylic acids is 1. The number of methoxy groups -OCH3 is 1. The maximum atomic E-state index is 11.8. The van der Waals surface area contributed by atoms with Gasteiger partial charge in [-0.3, -0.25) is 4.79 Å². The van der Waals surface area contributed by atoms with Crippen LogP contribution in [0.5, 0.6) is 5.88 Å². The van der Waals surface area contributed by atoms with Gasteiger partial charge in [-0.05, 0) is 26.3 Å². The van der Waals surface area contributed by atoms with Crippen molar-refractivity contribution in [1.82, 2.24) is 10.3 Å². The molecule has 1 aromatic heterocycles. The number of pyridine rings is 1. The Hall–Kier alpha value is -1.58. The van der Waals surface area contributed by atoms with Crippen LogP contribution in [0.15, 0.2) is 18.3 Å². The quantitative estimate of drug-likeness (QED) is 0.847. The van der Waals surface area contributed by atoms with E-state index in [1.807, 2.05) is 20.8 Å². The first-order valence-electron chi connectivity index (χ1n) is 5.31. The molecule has 0 unspecified atom stereocenters. The summed E-state index contributed by atoms with van der Waals surface area (Å²) in [5.41, 5.74) is 0.346. The van der Waals surface area contributed by atoms with E-state index in [-0.39, 0.29) is 11.4 Å². The van der Waals surface area contributed by atoms with E-state index in [9.17, 15) is 4.79 Å². The fourth-order valence-electron chi connectivity index (χ4n) is 1.10. The van der Waals surface area contributed by atoms with Gasteiger partial charge in [0.25, 0.3) is 5.91 Å². The van der Waals surface area contributed by atoms with Crippen molar-refractivity contribution < 1.29 is 9.53 Å². The number of ether oxygens (including phenoxy) is 1. The average Bonchev–Trinajstić information content (AvgIpc) is 2.28. The minimum Gasteiger partial charge on any atom is -0.481 e. The van der Waals surface area contributed by atoms with Crippen LogP contribution in [-0.2, 0) is 0 Å². The molecule has 0 atom stereocenters. The van der Waals surface area contributed by atoms with Gasteiger partial charge in [-0.1, -0.05) is 6.92 Å². The van der Waals surface area contributed by atoms with Crippen molar-refractivity contribution in [3.63, 3.8) is 0 Å². The number of nitrogens with zero attached hydrogens (tertiary/aromatic N) is 1. The summed E-state index contributed by atoms with van der Waals surface area (Å²) in [4.78, 5) is 15.8. The smallest absolute Gasteiger partial charge is 0.253 e. The Balaban J connectivity index is 2.73. The minimum atomic E-state index is -0.197. The number of rotatable bonds is 4. The molecule has 1 amide bonds. The van der Waals surface area contributed by atoms with Crippen molar-refractivity contribution in [3.8, 4) is 5.88 Å². The van der Waals surface area contributed by atoms with Crippen LogP contribution in [0.25, 0.3) is 0 Å². The van der Waals surface area contributed by atoms with Crippen LogP contribution in [0, 0.1) is 0 Å². The molecule has 1 heterocycles. The highest BCUT2D eigenvalue weighted by molar-refractivity contribution is 5.94. The van der Waals surface area contributed by atoms with Crippen LogP contribution in [0.1, 0.15) is 37.6 Å². The van der Waals surface area contributed by atoms with Gasteiger partial charge in [-0.2, -0.15) is 0 Å². The van der Waals surface area contributed by atoms with Crippen LogP contribution in [0.4, 0.5) is 0 Å². The van der Waals surface area contributed by atoms with Crippen LogP contribution in [-0.4, -0.2) is 23.5 Å². The molecule has 88 valence electrons. The van der Waals surface area contributed by atoms with Gasteiger partial charge in [0, 0.05) is 17.8 Å². The van der Waals surface area contributed by atoms with Gasteiger partial charge < -0.3 is 10.1 Å². The SMILES string of the molecule is CCC(C)(C)NC(=O)c1ccc(OC)nc1. The molecule has 0 fully saturated rings. The Kier molecular flexibility index (Phi) is 3.88. The summed E-state index contributed by atoms with van der Waals surface area (Å²) in [5.74, 6) is 0.397. The van der Waals surface area contributed by atoms with Gasteiger partial charge in [-0.15, -0.1) is 0 Å². The van der Waals surface area contributed by atoms with Gasteiger partial charge in [0.2, 0.25) is 5.88 Å². The van der Waals surface area contributed by atoms with Gasteiger partial charge in [0.1, 0.15) is 0 Å². The lowest BCUT2D eigenvalue weighted by atomic mass is 10.0. The van der Waals surface area contributed by atoms with Crippen LogP contribution in [0.3, 0.4) is 0 Å². The van der Waals surface area contributed by atoms with E-state index >= 15 is 0 Å². The summed E-state index contributed by atoms with van der Waals surface area (Å²) < 4.78 is 4.93. The number of hydrogen-bond acceptors (Lipinski definition) is 3. The zero-order chi connectivity index (χ0) is 12.2. The molecule has 0 aliphatic rings. The van der Waals surface area contributed by atoms with Crippen molar-refractivity contribution in [2.75, 3.05) is 7.11 Å². The highest BCUT2D eigenvalue weighted by Crippen LogP contribution is 2.10. The van der Waals surface area contributed by atoms with Crippen molar-refractivity contribution in [1.29, 1.82) is 0 Å². The van der Waals surface area contributed by atoms with Crippen molar-refractivity contribution in [3.05, 3.63) is 23.9 Å². The molecule has 0 spiro atoms. The summed E-state index contributed by atoms with van der Waals surface area (Å²) in [7, 11) is 1.54. The van der Waals surface area contributed by atoms with Crippen LogP contribution >= 0.6 is 0 Å². The monoisotopic (exact) mass is 222 g/mol. The second-order valence-corrected chi connectivity index (χ2v) is 4.28. The Labute approximate surface area is 96.0 Å². The Morgan fingerprint density at radius 2 is 2.19 bits per heavy atom. The van der Waals surface area contributed by atoms with E-state index in [0.717, 1.165) is 6.42 Å². The molecular weight excluding hydrogens is 204 g/mol. The van der Waals surface area contributed by atoms with E-state index in [2.05, 4.69) is 10.3 Å². The second kappa shape index (κ2) is 4.96. The third-order valence-corrected chi connectivity index (χ3v) is 2.54. The Bertz CT molecular complexity index is 358. The van der Waals surface area contributed by atoms with E-state index < -0.39 is 0 Å². The molecular formula is C12H18N2O2. The number of carbonyl (C=O) groups is 1. The molecule has 4 heteroatoms. The van der Waals surface area contributed by atoms with Crippen LogP contribution in [0.2, 0.25) is 0 Å². The molecule has 0 aliphatic carbocycles. The third kappa shape index (κ3) is 3.22. The largest absolute Gasteiger partial charge is 0.481 e. The minimum absolute atomic E-state index is 0.109. The van der Waals surface area contributed by atoms with Crippen molar-refractivity contribution in [2.45, 2.75) is 32.7 Å². The molecule has 1 rings (SSSR count). The molecule has 0 saturated carbocycles. The third-order valence-electron chi connectivity index (χ3n) is 2.54. The summed E-state index contributed by atoms with van der Waals surface area (Å²) >= 11 is 0. The average molecular weight is 222 g/mol. The normalized spacial score (nSPS) is 11.0. The summed E-state index contributed by atoms with van der Waals surface area (Å²) in [6, 6.07) is 3.38. The molecule has 1 N–H and O–H groups in total. The van der Waals surface area contributed by atoms with Gasteiger partial charge in [-0.25, -0.2) is 4.98 Å². The number of aromatic nitrogens is 1. The lowest BCUT2D eigenvalue weighted by Crippen LogP contribution is -2.42. The molecule has 4 nitrogen and oxygen atoms in total. The first-order chi connectivity index (χ1) is 7.48. The standard InChI is InChI=1S/C12H18N2O2/c1-5-12(2,3)14-11(15)9-6-7-10(16-4)13-8-9/h6-8H,5H2,1-4H3,(H,14,15). The van der Waals surface area contributed by atoms with E-state index in [1.54, 1.807) is 19.2 Å². The summed E-state index contributed by atoms with van der Waals surface area (Å²) in [6.45, 7) is 6.01. The molecule has 0 radical (unpaired) electrons.